The Morgan fingerprint density at radius 2 is 2.20 bits per heavy atom. The molecule has 0 aromatic heterocycles. The van der Waals surface area contributed by atoms with Crippen LogP contribution in [0.25, 0.3) is 0 Å². The highest BCUT2D eigenvalue weighted by molar-refractivity contribution is 14.1. The number of nitrogens with one attached hydrogen (secondary N) is 1. The van der Waals surface area contributed by atoms with E-state index in [0.29, 0.717) is 0 Å². The van der Waals surface area contributed by atoms with Gasteiger partial charge in [-0.25, -0.2) is 0 Å². The molecule has 0 spiro atoms. The van der Waals surface area contributed by atoms with Crippen molar-refractivity contribution in [2.75, 3.05) is 5.32 Å². The van der Waals surface area contributed by atoms with Gasteiger partial charge < -0.3 is 5.32 Å². The summed E-state index contributed by atoms with van der Waals surface area (Å²) >= 11 is 2.12. The number of nitrogens with zero attached hydrogens (tertiary/aromatic N) is 1. The summed E-state index contributed by atoms with van der Waals surface area (Å²) in [5.41, 5.74) is 1.34. The van der Waals surface area contributed by atoms with E-state index in [9.17, 15) is 10.1 Å². The third-order valence-electron chi connectivity index (χ3n) is 2.60. The number of hydrogen-bond acceptors (Lipinski definition) is 3. The molecule has 2 rings (SSSR count). The Morgan fingerprint density at radius 3 is 2.67 bits per heavy atom. The molecule has 1 N–H and O–H groups in total. The lowest BCUT2D eigenvalue weighted by Crippen LogP contribution is -2.16. The molecule has 0 radical (unpaired) electrons. The number of halogens is 1. The fraction of sp³-hybridized carbons (Fsp3) is 0.400. The van der Waals surface area contributed by atoms with Gasteiger partial charge in [-0.15, -0.1) is 0 Å². The summed E-state index contributed by atoms with van der Waals surface area (Å²) in [5.74, 6) is 0. The summed E-state index contributed by atoms with van der Waals surface area (Å²) in [6, 6.07) is 4.91. The van der Waals surface area contributed by atoms with Crippen molar-refractivity contribution >= 4 is 34.0 Å². The zero-order valence-electron chi connectivity index (χ0n) is 8.29. The molecular weight excluding hydrogens is 307 g/mol. The minimum Gasteiger partial charge on any atom is -0.379 e. The third kappa shape index (κ3) is 2.39. The molecule has 1 aliphatic carbocycles. The van der Waals surface area contributed by atoms with Crippen LogP contribution >= 0.6 is 22.6 Å². The van der Waals surface area contributed by atoms with Gasteiger partial charge in [0, 0.05) is 26.9 Å². The number of hydrogen-bond donors (Lipinski definition) is 1. The average molecular weight is 318 g/mol. The molecule has 80 valence electrons. The molecule has 1 fully saturated rings. The van der Waals surface area contributed by atoms with Crippen LogP contribution in [-0.2, 0) is 0 Å². The lowest BCUT2D eigenvalue weighted by Gasteiger charge is -2.14. The number of non-ortho nitro benzene ring substituents is 1. The van der Waals surface area contributed by atoms with Gasteiger partial charge >= 0.3 is 0 Å². The molecule has 1 aliphatic rings. The van der Waals surface area contributed by atoms with Gasteiger partial charge in [-0.2, -0.15) is 0 Å². The van der Waals surface area contributed by atoms with Crippen LogP contribution in [0, 0.1) is 13.7 Å². The predicted octanol–water partition coefficient (Wildman–Crippen LogP) is 3.16. The van der Waals surface area contributed by atoms with Crippen LogP contribution in [-0.4, -0.2) is 10.5 Å². The van der Waals surface area contributed by atoms with E-state index < -0.39 is 0 Å². The standard InChI is InChI=1S/C10H11IN2O2/c1-10(4-5-10)12-9-3-2-7(13(14)15)6-8(9)11/h2-3,6,12H,4-5H2,1H3. The molecule has 0 heterocycles. The summed E-state index contributed by atoms with van der Waals surface area (Å²) in [6.07, 6.45) is 2.33. The number of nitro groups is 1. The molecule has 1 saturated carbocycles. The van der Waals surface area contributed by atoms with E-state index in [1.807, 2.05) is 0 Å². The van der Waals surface area contributed by atoms with Crippen molar-refractivity contribution in [3.63, 3.8) is 0 Å². The summed E-state index contributed by atoms with van der Waals surface area (Å²) in [7, 11) is 0. The largest absolute Gasteiger partial charge is 0.379 e. The van der Waals surface area contributed by atoms with Crippen LogP contribution in [0.15, 0.2) is 18.2 Å². The van der Waals surface area contributed by atoms with Crippen molar-refractivity contribution < 1.29 is 4.92 Å². The summed E-state index contributed by atoms with van der Waals surface area (Å²) in [5, 5.41) is 13.9. The first-order valence-corrected chi connectivity index (χ1v) is 5.80. The van der Waals surface area contributed by atoms with Crippen LogP contribution < -0.4 is 5.32 Å². The summed E-state index contributed by atoms with van der Waals surface area (Å²) in [4.78, 5) is 10.2. The van der Waals surface area contributed by atoms with Crippen molar-refractivity contribution in [3.05, 3.63) is 31.9 Å². The molecule has 4 nitrogen and oxygen atoms in total. The second-order valence-electron chi connectivity index (χ2n) is 4.11. The molecule has 0 unspecified atom stereocenters. The fourth-order valence-electron chi connectivity index (χ4n) is 1.36. The molecule has 1 aromatic carbocycles. The van der Waals surface area contributed by atoms with E-state index in [4.69, 9.17) is 0 Å². The van der Waals surface area contributed by atoms with Crippen LogP contribution in [0.5, 0.6) is 0 Å². The van der Waals surface area contributed by atoms with Crippen LogP contribution in [0.2, 0.25) is 0 Å². The van der Waals surface area contributed by atoms with Gasteiger partial charge in [-0.05, 0) is 48.4 Å². The highest BCUT2D eigenvalue weighted by atomic mass is 127. The SMILES string of the molecule is CC1(Nc2ccc([N+](=O)[O-])cc2I)CC1. The topological polar surface area (TPSA) is 55.2 Å². The van der Waals surface area contributed by atoms with Gasteiger partial charge in [0.1, 0.15) is 0 Å². The van der Waals surface area contributed by atoms with Crippen molar-refractivity contribution in [2.24, 2.45) is 0 Å². The molecular formula is C10H11IN2O2. The van der Waals surface area contributed by atoms with Crippen molar-refractivity contribution in [2.45, 2.75) is 25.3 Å². The molecule has 15 heavy (non-hydrogen) atoms. The Morgan fingerprint density at radius 1 is 1.53 bits per heavy atom. The van der Waals surface area contributed by atoms with Crippen molar-refractivity contribution in [3.8, 4) is 0 Å². The molecule has 0 aliphatic heterocycles. The quantitative estimate of drug-likeness (QED) is 0.529. The lowest BCUT2D eigenvalue weighted by molar-refractivity contribution is -0.384. The molecule has 5 heteroatoms. The Balaban J connectivity index is 2.22. The lowest BCUT2D eigenvalue weighted by atomic mass is 10.2. The van der Waals surface area contributed by atoms with E-state index in [0.717, 1.165) is 9.26 Å². The Hall–Kier alpha value is -0.850. The van der Waals surface area contributed by atoms with Crippen molar-refractivity contribution in [1.29, 1.82) is 0 Å². The zero-order valence-corrected chi connectivity index (χ0v) is 10.4. The number of benzene rings is 1. The maximum atomic E-state index is 10.5. The molecule has 0 amide bonds. The van der Waals surface area contributed by atoms with Crippen LogP contribution in [0.3, 0.4) is 0 Å². The van der Waals surface area contributed by atoms with E-state index in [2.05, 4.69) is 34.8 Å². The number of anilines is 1. The second-order valence-corrected chi connectivity index (χ2v) is 5.27. The third-order valence-corrected chi connectivity index (χ3v) is 3.49. The van der Waals surface area contributed by atoms with Crippen LogP contribution in [0.4, 0.5) is 11.4 Å². The van der Waals surface area contributed by atoms with E-state index in [-0.39, 0.29) is 16.1 Å². The van der Waals surface area contributed by atoms with Gasteiger partial charge in [0.2, 0.25) is 0 Å². The van der Waals surface area contributed by atoms with E-state index in [1.54, 1.807) is 12.1 Å². The monoisotopic (exact) mass is 318 g/mol. The molecule has 0 atom stereocenters. The van der Waals surface area contributed by atoms with Gasteiger partial charge in [0.25, 0.3) is 5.69 Å². The fourth-order valence-corrected chi connectivity index (χ4v) is 1.99. The normalized spacial score (nSPS) is 17.2. The Kier molecular flexibility index (Phi) is 2.57. The minimum atomic E-state index is -0.370. The van der Waals surface area contributed by atoms with Gasteiger partial charge in [-0.1, -0.05) is 0 Å². The first kappa shape index (κ1) is 10.7. The molecule has 1 aromatic rings. The van der Waals surface area contributed by atoms with Gasteiger partial charge in [0.05, 0.1) is 4.92 Å². The Bertz CT molecular complexity index is 416. The van der Waals surface area contributed by atoms with Crippen LogP contribution in [0.1, 0.15) is 19.8 Å². The first-order chi connectivity index (χ1) is 7.00. The van der Waals surface area contributed by atoms with Crippen molar-refractivity contribution in [1.82, 2.24) is 0 Å². The highest BCUT2D eigenvalue weighted by Crippen LogP contribution is 2.39. The maximum Gasteiger partial charge on any atom is 0.270 e. The summed E-state index contributed by atoms with van der Waals surface area (Å²) in [6.45, 7) is 2.16. The first-order valence-electron chi connectivity index (χ1n) is 4.72. The molecule has 0 bridgehead atoms. The Labute approximate surface area is 101 Å². The number of nitro benzene ring substituents is 1. The van der Waals surface area contributed by atoms with E-state index in [1.165, 1.54) is 18.9 Å². The number of rotatable bonds is 3. The molecule has 0 saturated heterocycles. The maximum absolute atomic E-state index is 10.5. The predicted molar refractivity (Wildman–Crippen MR) is 67.1 cm³/mol. The smallest absolute Gasteiger partial charge is 0.270 e. The average Bonchev–Trinajstić information content (AvgIpc) is 2.87. The van der Waals surface area contributed by atoms with Gasteiger partial charge in [-0.3, -0.25) is 10.1 Å². The van der Waals surface area contributed by atoms with E-state index >= 15 is 0 Å². The summed E-state index contributed by atoms with van der Waals surface area (Å²) < 4.78 is 0.898. The minimum absolute atomic E-state index is 0.144. The van der Waals surface area contributed by atoms with Gasteiger partial charge in [0.15, 0.2) is 0 Å². The highest BCUT2D eigenvalue weighted by Gasteiger charge is 2.37. The zero-order chi connectivity index (χ0) is 11.1. The second kappa shape index (κ2) is 3.62.